The van der Waals surface area contributed by atoms with Crippen LogP contribution in [0.3, 0.4) is 0 Å². The summed E-state index contributed by atoms with van der Waals surface area (Å²) in [5.74, 6) is 0.205. The number of hydrogen-bond donors (Lipinski definition) is 2. The van der Waals surface area contributed by atoms with E-state index in [-0.39, 0.29) is 18.5 Å². The molecule has 3 unspecified atom stereocenters. The molecule has 0 bridgehead atoms. The molecule has 0 spiro atoms. The van der Waals surface area contributed by atoms with Crippen molar-refractivity contribution >= 4 is 13.4 Å². The van der Waals surface area contributed by atoms with Gasteiger partial charge in [0.1, 0.15) is 12.0 Å². The van der Waals surface area contributed by atoms with Crippen LogP contribution in [0.5, 0.6) is 0 Å². The predicted octanol–water partition coefficient (Wildman–Crippen LogP) is 0.643. The van der Waals surface area contributed by atoms with Gasteiger partial charge in [-0.2, -0.15) is 4.98 Å². The van der Waals surface area contributed by atoms with Crippen molar-refractivity contribution in [2.75, 3.05) is 19.0 Å². The third kappa shape index (κ3) is 3.67. The van der Waals surface area contributed by atoms with Gasteiger partial charge in [-0.15, -0.1) is 0 Å². The fourth-order valence-corrected chi connectivity index (χ4v) is 2.46. The van der Waals surface area contributed by atoms with Gasteiger partial charge in [-0.25, -0.2) is 4.79 Å². The first kappa shape index (κ1) is 15.2. The predicted molar refractivity (Wildman–Crippen MR) is 72.5 cm³/mol. The maximum atomic E-state index is 11.8. The second-order valence-corrected chi connectivity index (χ2v) is 6.75. The molecule has 1 saturated heterocycles. The van der Waals surface area contributed by atoms with Crippen LogP contribution >= 0.6 is 7.60 Å². The zero-order chi connectivity index (χ0) is 14.9. The van der Waals surface area contributed by atoms with E-state index in [4.69, 9.17) is 19.9 Å². The molecule has 2 rings (SSSR count). The van der Waals surface area contributed by atoms with E-state index in [0.717, 1.165) is 6.66 Å². The minimum absolute atomic E-state index is 0.0247. The smallest absolute Gasteiger partial charge is 0.351 e. The molecule has 0 aliphatic carbocycles. The number of aromatic nitrogens is 2. The Hall–Kier alpha value is -1.21. The van der Waals surface area contributed by atoms with Gasteiger partial charge in [-0.05, 0) is 19.8 Å². The summed E-state index contributed by atoms with van der Waals surface area (Å²) in [4.78, 5) is 24.6. The number of anilines is 1. The molecule has 0 saturated carbocycles. The molecule has 9 heteroatoms. The molecule has 1 aromatic heterocycles. The first-order valence-electron chi connectivity index (χ1n) is 6.22. The third-order valence-corrected chi connectivity index (χ3v) is 3.70. The Morgan fingerprint density at radius 3 is 3.00 bits per heavy atom. The molecule has 0 aromatic carbocycles. The van der Waals surface area contributed by atoms with Crippen molar-refractivity contribution in [3.8, 4) is 0 Å². The quantitative estimate of drug-likeness (QED) is 0.784. The van der Waals surface area contributed by atoms with E-state index >= 15 is 0 Å². The normalized spacial score (nSPS) is 25.6. The summed E-state index contributed by atoms with van der Waals surface area (Å²) in [6, 6.07) is 0. The van der Waals surface area contributed by atoms with Crippen molar-refractivity contribution in [2.45, 2.75) is 32.1 Å². The molecule has 112 valence electrons. The maximum Gasteiger partial charge on any atom is 0.351 e. The largest absolute Gasteiger partial charge is 0.383 e. The van der Waals surface area contributed by atoms with Gasteiger partial charge in [0.05, 0.1) is 12.7 Å². The Balaban J connectivity index is 2.05. The first-order valence-corrected chi connectivity index (χ1v) is 8.24. The summed E-state index contributed by atoms with van der Waals surface area (Å²) in [5, 5.41) is 0. The molecule has 3 N–H and O–H groups in total. The van der Waals surface area contributed by atoms with E-state index in [2.05, 4.69) is 4.98 Å². The Morgan fingerprint density at radius 1 is 1.65 bits per heavy atom. The Bertz CT molecular complexity index is 596. The summed E-state index contributed by atoms with van der Waals surface area (Å²) < 4.78 is 22.9. The van der Waals surface area contributed by atoms with Crippen molar-refractivity contribution in [1.29, 1.82) is 0 Å². The summed E-state index contributed by atoms with van der Waals surface area (Å²) in [5.41, 5.74) is 5.79. The number of aryl methyl sites for hydroxylation is 1. The molecule has 1 fully saturated rings. The van der Waals surface area contributed by atoms with Gasteiger partial charge in [-0.3, -0.25) is 9.13 Å². The van der Waals surface area contributed by atoms with Crippen molar-refractivity contribution in [3.05, 3.63) is 22.2 Å². The Labute approximate surface area is 116 Å². The van der Waals surface area contributed by atoms with Crippen LogP contribution in [0.4, 0.5) is 5.82 Å². The monoisotopic (exact) mass is 303 g/mol. The molecule has 3 atom stereocenters. The fourth-order valence-electron chi connectivity index (χ4n) is 2.02. The number of nitrogen functional groups attached to an aromatic ring is 1. The van der Waals surface area contributed by atoms with Gasteiger partial charge in [0.25, 0.3) is 0 Å². The highest BCUT2D eigenvalue weighted by atomic mass is 31.2. The SMILES string of the molecule is Cc1cn(C2CCC(COP(C)(=O)O)O2)c(=O)nc1N. The van der Waals surface area contributed by atoms with Gasteiger partial charge in [0, 0.05) is 18.4 Å². The molecular weight excluding hydrogens is 285 g/mol. The van der Waals surface area contributed by atoms with Gasteiger partial charge >= 0.3 is 13.3 Å². The van der Waals surface area contributed by atoms with E-state index in [0.29, 0.717) is 18.4 Å². The van der Waals surface area contributed by atoms with Gasteiger partial charge < -0.3 is 19.9 Å². The van der Waals surface area contributed by atoms with E-state index in [1.54, 1.807) is 13.1 Å². The molecule has 0 radical (unpaired) electrons. The summed E-state index contributed by atoms with van der Waals surface area (Å²) >= 11 is 0. The van der Waals surface area contributed by atoms with Gasteiger partial charge in [-0.1, -0.05) is 0 Å². The van der Waals surface area contributed by atoms with Crippen LogP contribution < -0.4 is 11.4 Å². The third-order valence-electron chi connectivity index (χ3n) is 3.07. The van der Waals surface area contributed by atoms with E-state index in [9.17, 15) is 9.36 Å². The number of nitrogens with zero attached hydrogens (tertiary/aromatic N) is 2. The number of nitrogens with two attached hydrogens (primary N) is 1. The lowest BCUT2D eigenvalue weighted by Gasteiger charge is -2.17. The summed E-state index contributed by atoms with van der Waals surface area (Å²) in [6.07, 6.45) is 2.09. The van der Waals surface area contributed by atoms with Crippen molar-refractivity contribution in [3.63, 3.8) is 0 Å². The lowest BCUT2D eigenvalue weighted by atomic mass is 10.2. The maximum absolute atomic E-state index is 11.8. The van der Waals surface area contributed by atoms with Crippen LogP contribution in [0.25, 0.3) is 0 Å². The molecular formula is C11H18N3O5P. The standard InChI is InChI=1S/C11H18N3O5P/c1-7-5-14(11(15)13-10(7)12)9-4-3-8(19-9)6-18-20(2,16)17/h5,8-9H,3-4,6H2,1-2H3,(H,16,17)(H2,12,13,15). The highest BCUT2D eigenvalue weighted by molar-refractivity contribution is 7.51. The van der Waals surface area contributed by atoms with Gasteiger partial charge in [0.2, 0.25) is 0 Å². The van der Waals surface area contributed by atoms with Crippen LogP contribution in [0.2, 0.25) is 0 Å². The van der Waals surface area contributed by atoms with Crippen LogP contribution in [0.1, 0.15) is 24.6 Å². The lowest BCUT2D eigenvalue weighted by Crippen LogP contribution is -2.28. The van der Waals surface area contributed by atoms with Crippen LogP contribution in [0, 0.1) is 6.92 Å². The first-order chi connectivity index (χ1) is 9.26. The van der Waals surface area contributed by atoms with Gasteiger partial charge in [0.15, 0.2) is 0 Å². The molecule has 1 aromatic rings. The molecule has 0 amide bonds. The van der Waals surface area contributed by atoms with E-state index < -0.39 is 19.5 Å². The van der Waals surface area contributed by atoms with Crippen LogP contribution in [0.15, 0.2) is 11.0 Å². The van der Waals surface area contributed by atoms with E-state index in [1.165, 1.54) is 4.57 Å². The summed E-state index contributed by atoms with van der Waals surface area (Å²) in [7, 11) is -3.51. The summed E-state index contributed by atoms with van der Waals surface area (Å²) in [6.45, 7) is 2.90. The highest BCUT2D eigenvalue weighted by Crippen LogP contribution is 2.38. The van der Waals surface area contributed by atoms with Crippen LogP contribution in [-0.2, 0) is 13.8 Å². The minimum Gasteiger partial charge on any atom is -0.383 e. The average molecular weight is 303 g/mol. The van der Waals surface area contributed by atoms with Crippen molar-refractivity contribution in [1.82, 2.24) is 9.55 Å². The fraction of sp³-hybridized carbons (Fsp3) is 0.636. The number of rotatable bonds is 4. The minimum atomic E-state index is -3.51. The van der Waals surface area contributed by atoms with Crippen molar-refractivity contribution in [2.24, 2.45) is 0 Å². The zero-order valence-electron chi connectivity index (χ0n) is 11.4. The lowest BCUT2D eigenvalue weighted by molar-refractivity contribution is -0.0212. The Kier molecular flexibility index (Phi) is 4.29. The highest BCUT2D eigenvalue weighted by Gasteiger charge is 2.29. The molecule has 1 aliphatic rings. The molecule has 2 heterocycles. The number of hydrogen-bond acceptors (Lipinski definition) is 6. The Morgan fingerprint density at radius 2 is 2.35 bits per heavy atom. The second-order valence-electron chi connectivity index (χ2n) is 4.89. The zero-order valence-corrected chi connectivity index (χ0v) is 12.2. The average Bonchev–Trinajstić information content (AvgIpc) is 2.79. The topological polar surface area (TPSA) is 117 Å². The molecule has 8 nitrogen and oxygen atoms in total. The van der Waals surface area contributed by atoms with E-state index in [1.807, 2.05) is 0 Å². The van der Waals surface area contributed by atoms with Crippen LogP contribution in [-0.4, -0.2) is 33.8 Å². The molecule has 1 aliphatic heterocycles. The second kappa shape index (κ2) is 5.65. The molecule has 20 heavy (non-hydrogen) atoms. The van der Waals surface area contributed by atoms with Crippen molar-refractivity contribution < 1.29 is 18.7 Å². The number of ether oxygens (including phenoxy) is 1.